The molecule has 0 saturated heterocycles. The van der Waals surface area contributed by atoms with Crippen molar-refractivity contribution in [3.63, 3.8) is 0 Å². The highest BCUT2D eigenvalue weighted by Gasteiger charge is 2.27. The Bertz CT molecular complexity index is 536. The first-order chi connectivity index (χ1) is 9.79. The summed E-state index contributed by atoms with van der Waals surface area (Å²) in [7, 11) is 0. The highest BCUT2D eigenvalue weighted by Crippen LogP contribution is 2.31. The van der Waals surface area contributed by atoms with Gasteiger partial charge in [-0.3, -0.25) is 0 Å². The normalized spacial score (nSPS) is 17.7. The average Bonchev–Trinajstić information content (AvgIpc) is 3.20. The fourth-order valence-electron chi connectivity index (χ4n) is 1.70. The van der Waals surface area contributed by atoms with Gasteiger partial charge in [0, 0.05) is 5.56 Å². The molecule has 0 unspecified atom stereocenters. The van der Waals surface area contributed by atoms with Crippen LogP contribution in [0.4, 0.5) is 4.39 Å². The van der Waals surface area contributed by atoms with E-state index in [0.29, 0.717) is 23.8 Å². The largest absolute Gasteiger partial charge is 0.591 e. The lowest BCUT2D eigenvalue weighted by molar-refractivity contribution is 0.285. The molecule has 1 saturated carbocycles. The van der Waals surface area contributed by atoms with E-state index in [1.165, 1.54) is 0 Å². The molecular formula is C16H22FNO2S. The fraction of sp³-hybridized carbons (Fsp3) is 0.562. The van der Waals surface area contributed by atoms with Crippen LogP contribution >= 0.6 is 0 Å². The van der Waals surface area contributed by atoms with Gasteiger partial charge in [0.1, 0.15) is 16.1 Å². The van der Waals surface area contributed by atoms with Gasteiger partial charge < -0.3 is 9.29 Å². The zero-order valence-electron chi connectivity index (χ0n) is 13.0. The SMILES string of the molecule is C/C(=N\[S@@+]([O-])C(C)(C)C)c1cccc(OCC2CC2)c1F. The van der Waals surface area contributed by atoms with Crippen LogP contribution in [0.3, 0.4) is 0 Å². The average molecular weight is 311 g/mol. The quantitative estimate of drug-likeness (QED) is 0.612. The van der Waals surface area contributed by atoms with E-state index < -0.39 is 21.9 Å². The van der Waals surface area contributed by atoms with Crippen LogP contribution < -0.4 is 4.74 Å². The number of nitrogens with zero attached hydrogens (tertiary/aromatic N) is 1. The summed E-state index contributed by atoms with van der Waals surface area (Å²) >= 11 is -1.40. The lowest BCUT2D eigenvalue weighted by atomic mass is 10.1. The third kappa shape index (κ3) is 4.45. The second-order valence-electron chi connectivity index (χ2n) is 6.41. The van der Waals surface area contributed by atoms with Gasteiger partial charge in [-0.1, -0.05) is 10.5 Å². The van der Waals surface area contributed by atoms with Crippen molar-refractivity contribution in [2.75, 3.05) is 6.61 Å². The molecule has 116 valence electrons. The predicted molar refractivity (Wildman–Crippen MR) is 84.7 cm³/mol. The van der Waals surface area contributed by atoms with Crippen molar-refractivity contribution in [3.8, 4) is 5.75 Å². The molecule has 0 spiro atoms. The second-order valence-corrected chi connectivity index (χ2v) is 8.32. The Balaban J connectivity index is 2.18. The van der Waals surface area contributed by atoms with Crippen molar-refractivity contribution in [2.45, 2.75) is 45.3 Å². The second kappa shape index (κ2) is 6.36. The monoisotopic (exact) mass is 311 g/mol. The molecule has 1 aromatic rings. The van der Waals surface area contributed by atoms with Crippen molar-refractivity contribution >= 4 is 17.1 Å². The van der Waals surface area contributed by atoms with E-state index in [1.807, 2.05) is 20.8 Å². The van der Waals surface area contributed by atoms with Crippen LogP contribution in [0.2, 0.25) is 0 Å². The number of benzene rings is 1. The van der Waals surface area contributed by atoms with E-state index in [2.05, 4.69) is 4.40 Å². The van der Waals surface area contributed by atoms with Crippen molar-refractivity contribution in [3.05, 3.63) is 29.6 Å². The highest BCUT2D eigenvalue weighted by molar-refractivity contribution is 7.91. The minimum absolute atomic E-state index is 0.246. The van der Waals surface area contributed by atoms with Crippen LogP contribution in [-0.4, -0.2) is 21.6 Å². The van der Waals surface area contributed by atoms with Crippen LogP contribution in [-0.2, 0) is 11.4 Å². The summed E-state index contributed by atoms with van der Waals surface area (Å²) in [5.41, 5.74) is 0.776. The topological polar surface area (TPSA) is 44.7 Å². The number of hydrogen-bond donors (Lipinski definition) is 0. The minimum Gasteiger partial charge on any atom is -0.591 e. The Labute approximate surface area is 128 Å². The number of hydrogen-bond acceptors (Lipinski definition) is 3. The first kappa shape index (κ1) is 16.3. The third-order valence-electron chi connectivity index (χ3n) is 3.27. The first-order valence-electron chi connectivity index (χ1n) is 7.18. The van der Waals surface area contributed by atoms with Gasteiger partial charge in [0.2, 0.25) is 0 Å². The van der Waals surface area contributed by atoms with Gasteiger partial charge in [-0.15, -0.1) is 0 Å². The summed E-state index contributed by atoms with van der Waals surface area (Å²) < 4.78 is 35.7. The van der Waals surface area contributed by atoms with Crippen LogP contribution in [0.25, 0.3) is 0 Å². The number of rotatable bonds is 5. The molecule has 0 aliphatic heterocycles. The molecule has 2 rings (SSSR count). The Morgan fingerprint density at radius 2 is 2.10 bits per heavy atom. The molecule has 0 aromatic heterocycles. The smallest absolute Gasteiger partial charge is 0.174 e. The maximum Gasteiger partial charge on any atom is 0.174 e. The molecule has 1 aromatic carbocycles. The van der Waals surface area contributed by atoms with Crippen LogP contribution in [0, 0.1) is 11.7 Å². The lowest BCUT2D eigenvalue weighted by Gasteiger charge is -2.19. The summed E-state index contributed by atoms with van der Waals surface area (Å²) in [6.45, 7) is 7.75. The Morgan fingerprint density at radius 3 is 2.67 bits per heavy atom. The molecule has 5 heteroatoms. The molecule has 0 bridgehead atoms. The van der Waals surface area contributed by atoms with Crippen LogP contribution in [0.5, 0.6) is 5.75 Å². The zero-order chi connectivity index (χ0) is 15.6. The van der Waals surface area contributed by atoms with E-state index in [1.54, 1.807) is 25.1 Å². The number of halogens is 1. The van der Waals surface area contributed by atoms with Crippen LogP contribution in [0.15, 0.2) is 22.6 Å². The summed E-state index contributed by atoms with van der Waals surface area (Å²) in [4.78, 5) is 0. The van der Waals surface area contributed by atoms with Gasteiger partial charge in [0.25, 0.3) is 0 Å². The van der Waals surface area contributed by atoms with E-state index in [0.717, 1.165) is 12.8 Å². The summed E-state index contributed by atoms with van der Waals surface area (Å²) in [5, 5.41) is 0. The van der Waals surface area contributed by atoms with E-state index in [9.17, 15) is 8.94 Å². The van der Waals surface area contributed by atoms with Crippen LogP contribution in [0.1, 0.15) is 46.1 Å². The molecule has 1 atom stereocenters. The Hall–Kier alpha value is -1.07. The van der Waals surface area contributed by atoms with Gasteiger partial charge in [-0.25, -0.2) is 4.39 Å². The molecule has 3 nitrogen and oxygen atoms in total. The molecule has 1 aliphatic rings. The van der Waals surface area contributed by atoms with Crippen molar-refractivity contribution < 1.29 is 13.7 Å². The summed E-state index contributed by atoms with van der Waals surface area (Å²) in [5.74, 6) is 0.386. The Kier molecular flexibility index (Phi) is 4.94. The van der Waals surface area contributed by atoms with Gasteiger partial charge in [0.15, 0.2) is 11.6 Å². The van der Waals surface area contributed by atoms with E-state index >= 15 is 0 Å². The molecule has 0 N–H and O–H groups in total. The van der Waals surface area contributed by atoms with Crippen molar-refractivity contribution in [1.82, 2.24) is 0 Å². The third-order valence-corrected chi connectivity index (χ3v) is 4.76. The summed E-state index contributed by atoms with van der Waals surface area (Å²) in [6.07, 6.45) is 2.32. The van der Waals surface area contributed by atoms with Gasteiger partial charge in [-0.05, 0) is 58.6 Å². The molecule has 0 amide bonds. The fourth-order valence-corrected chi connectivity index (χ4v) is 2.33. The predicted octanol–water partition coefficient (Wildman–Crippen LogP) is 3.89. The maximum atomic E-state index is 14.4. The minimum atomic E-state index is -1.40. The Morgan fingerprint density at radius 1 is 1.43 bits per heavy atom. The maximum absolute atomic E-state index is 14.4. The molecule has 0 radical (unpaired) electrons. The van der Waals surface area contributed by atoms with E-state index in [-0.39, 0.29) is 5.75 Å². The molecule has 0 heterocycles. The summed E-state index contributed by atoms with van der Waals surface area (Å²) in [6, 6.07) is 4.99. The van der Waals surface area contributed by atoms with Crippen molar-refractivity contribution in [1.29, 1.82) is 0 Å². The standard InChI is InChI=1S/C16H22FNO2S/c1-11(18-21(19)16(2,3)4)13-6-5-7-14(15(13)17)20-10-12-8-9-12/h5-7,12H,8-10H2,1-4H3/b18-11+/t21-/m0/s1. The lowest BCUT2D eigenvalue weighted by Crippen LogP contribution is -2.26. The van der Waals surface area contributed by atoms with E-state index in [4.69, 9.17) is 4.74 Å². The molecular weight excluding hydrogens is 289 g/mol. The van der Waals surface area contributed by atoms with Gasteiger partial charge in [-0.2, -0.15) is 0 Å². The highest BCUT2D eigenvalue weighted by atomic mass is 32.2. The van der Waals surface area contributed by atoms with Gasteiger partial charge in [0.05, 0.1) is 12.3 Å². The van der Waals surface area contributed by atoms with Gasteiger partial charge >= 0.3 is 0 Å². The zero-order valence-corrected chi connectivity index (χ0v) is 13.8. The molecule has 1 fully saturated rings. The van der Waals surface area contributed by atoms with Crippen molar-refractivity contribution in [2.24, 2.45) is 10.3 Å². The molecule has 1 aliphatic carbocycles. The number of ether oxygens (including phenoxy) is 1. The first-order valence-corrected chi connectivity index (χ1v) is 8.28. The molecule has 21 heavy (non-hydrogen) atoms.